The van der Waals surface area contributed by atoms with Gasteiger partial charge >= 0.3 is 0 Å². The molecule has 0 saturated carbocycles. The molecule has 0 fully saturated rings. The quantitative estimate of drug-likeness (QED) is 0.380. The van der Waals surface area contributed by atoms with Crippen LogP contribution in [0.5, 0.6) is 34.5 Å². The van der Waals surface area contributed by atoms with E-state index in [4.69, 9.17) is 41.3 Å². The van der Waals surface area contributed by atoms with Gasteiger partial charge in [0.2, 0.25) is 6.79 Å². The third-order valence-electron chi connectivity index (χ3n) is 5.69. The summed E-state index contributed by atoms with van der Waals surface area (Å²) < 4.78 is 34.8. The van der Waals surface area contributed by atoms with Crippen molar-refractivity contribution >= 4 is 11.6 Å². The van der Waals surface area contributed by atoms with E-state index in [0.29, 0.717) is 34.1 Å². The van der Waals surface area contributed by atoms with E-state index in [1.165, 1.54) is 0 Å². The van der Waals surface area contributed by atoms with Crippen LogP contribution in [-0.2, 0) is 0 Å². The lowest BCUT2D eigenvalue weighted by Crippen LogP contribution is -2.36. The van der Waals surface area contributed by atoms with Crippen molar-refractivity contribution in [2.75, 3.05) is 20.0 Å². The SMILES string of the molecule is C#CCOc1cc2c(cc1OCOc1cc3c(cc1OCC#C)OC(C)(C)CC3=O)C(=O)CC(C)(C)O2. The van der Waals surface area contributed by atoms with Crippen molar-refractivity contribution in [1.29, 1.82) is 0 Å². The van der Waals surface area contributed by atoms with Crippen LogP contribution < -0.4 is 28.4 Å². The summed E-state index contributed by atoms with van der Waals surface area (Å²) in [7, 11) is 0. The molecule has 0 aromatic heterocycles. The molecule has 0 saturated heterocycles. The average molecular weight is 505 g/mol. The number of terminal acetylenes is 2. The van der Waals surface area contributed by atoms with Gasteiger partial charge in [0.25, 0.3) is 0 Å². The standard InChI is InChI=1S/C29H28O8/c1-7-9-32-26-13-22-18(20(30)15-28(3,4)36-22)11-24(26)34-17-35-25-12-19-21(31)16-29(5,6)37-23(19)14-27(25)33-10-8-2/h1-2,11-14H,9-10,15-17H2,3-6H3. The predicted octanol–water partition coefficient (Wildman–Crippen LogP) is 4.61. The predicted molar refractivity (Wildman–Crippen MR) is 135 cm³/mol. The van der Waals surface area contributed by atoms with Crippen molar-refractivity contribution in [2.45, 2.75) is 51.7 Å². The van der Waals surface area contributed by atoms with Crippen LogP contribution in [0.3, 0.4) is 0 Å². The van der Waals surface area contributed by atoms with E-state index in [9.17, 15) is 9.59 Å². The van der Waals surface area contributed by atoms with E-state index in [2.05, 4.69) is 11.8 Å². The van der Waals surface area contributed by atoms with Gasteiger partial charge in [-0.2, -0.15) is 0 Å². The first-order chi connectivity index (χ1) is 17.5. The molecule has 0 spiro atoms. The zero-order chi connectivity index (χ0) is 26.8. The third kappa shape index (κ3) is 5.76. The highest BCUT2D eigenvalue weighted by Crippen LogP contribution is 2.43. The maximum Gasteiger partial charge on any atom is 0.231 e. The summed E-state index contributed by atoms with van der Waals surface area (Å²) in [6.07, 6.45) is 11.1. The van der Waals surface area contributed by atoms with Crippen molar-refractivity contribution in [1.82, 2.24) is 0 Å². The smallest absolute Gasteiger partial charge is 0.231 e. The summed E-state index contributed by atoms with van der Waals surface area (Å²) in [5.41, 5.74) is -0.535. The minimum atomic E-state index is -0.642. The first kappa shape index (κ1) is 25.8. The number of rotatable bonds is 8. The molecule has 192 valence electrons. The molecule has 8 heteroatoms. The lowest BCUT2D eigenvalue weighted by Gasteiger charge is -2.32. The number of benzene rings is 2. The fourth-order valence-electron chi connectivity index (χ4n) is 4.17. The second kappa shape index (κ2) is 9.99. The molecule has 2 heterocycles. The highest BCUT2D eigenvalue weighted by atomic mass is 16.7. The zero-order valence-electron chi connectivity index (χ0n) is 21.3. The molecule has 0 bridgehead atoms. The Hall–Kier alpha value is -4.30. The summed E-state index contributed by atoms with van der Waals surface area (Å²) in [5.74, 6) is 6.51. The number of carbonyl (C=O) groups excluding carboxylic acids is 2. The third-order valence-corrected chi connectivity index (χ3v) is 5.69. The monoisotopic (exact) mass is 504 g/mol. The van der Waals surface area contributed by atoms with Gasteiger partial charge in [-0.15, -0.1) is 12.8 Å². The van der Waals surface area contributed by atoms with E-state index >= 15 is 0 Å². The Balaban J connectivity index is 1.59. The Bertz CT molecular complexity index is 1220. The Labute approximate surface area is 216 Å². The molecule has 0 atom stereocenters. The van der Waals surface area contributed by atoms with Crippen molar-refractivity contribution in [3.05, 3.63) is 35.4 Å². The molecule has 37 heavy (non-hydrogen) atoms. The summed E-state index contributed by atoms with van der Waals surface area (Å²) in [5, 5.41) is 0. The molecule has 2 aliphatic rings. The number of ether oxygens (including phenoxy) is 6. The second-order valence-corrected chi connectivity index (χ2v) is 9.91. The molecule has 2 aromatic carbocycles. The fourth-order valence-corrected chi connectivity index (χ4v) is 4.17. The molecule has 0 aliphatic carbocycles. The number of carbonyl (C=O) groups is 2. The Morgan fingerprint density at radius 3 is 1.46 bits per heavy atom. The molecule has 0 radical (unpaired) electrons. The van der Waals surface area contributed by atoms with Gasteiger partial charge in [-0.3, -0.25) is 9.59 Å². The maximum absolute atomic E-state index is 12.7. The molecular formula is C29H28O8. The number of hydrogen-bond donors (Lipinski definition) is 0. The minimum absolute atomic E-state index is 0.0132. The highest BCUT2D eigenvalue weighted by molar-refractivity contribution is 6.01. The number of ketones is 2. The van der Waals surface area contributed by atoms with Gasteiger partial charge < -0.3 is 28.4 Å². The summed E-state index contributed by atoms with van der Waals surface area (Å²) in [6.45, 7) is 7.03. The average Bonchev–Trinajstić information content (AvgIpc) is 2.80. The first-order valence-electron chi connectivity index (χ1n) is 11.7. The van der Waals surface area contributed by atoms with E-state index in [0.717, 1.165) is 0 Å². The molecule has 8 nitrogen and oxygen atoms in total. The van der Waals surface area contributed by atoms with Crippen molar-refractivity contribution in [3.8, 4) is 59.2 Å². The Morgan fingerprint density at radius 1 is 0.703 bits per heavy atom. The van der Waals surface area contributed by atoms with Crippen LogP contribution in [0, 0.1) is 24.7 Å². The summed E-state index contributed by atoms with van der Waals surface area (Å²) in [4.78, 5) is 25.4. The Kier molecular flexibility index (Phi) is 6.96. The van der Waals surface area contributed by atoms with Gasteiger partial charge in [-0.1, -0.05) is 11.8 Å². The van der Waals surface area contributed by atoms with Gasteiger partial charge in [-0.25, -0.2) is 0 Å². The molecule has 2 aromatic rings. The van der Waals surface area contributed by atoms with Crippen LogP contribution in [0.1, 0.15) is 61.3 Å². The second-order valence-electron chi connectivity index (χ2n) is 9.91. The molecule has 4 rings (SSSR count). The van der Waals surface area contributed by atoms with E-state index in [1.807, 2.05) is 27.7 Å². The highest BCUT2D eigenvalue weighted by Gasteiger charge is 2.35. The largest absolute Gasteiger partial charge is 0.486 e. The Morgan fingerprint density at radius 2 is 1.08 bits per heavy atom. The van der Waals surface area contributed by atoms with Crippen LogP contribution >= 0.6 is 0 Å². The normalized spacial score (nSPS) is 16.6. The molecule has 0 unspecified atom stereocenters. The number of fused-ring (bicyclic) bond motifs is 2. The minimum Gasteiger partial charge on any atom is -0.486 e. The maximum atomic E-state index is 12.7. The van der Waals surface area contributed by atoms with Gasteiger partial charge in [-0.05, 0) is 39.8 Å². The number of Topliss-reactive ketones (excluding diaryl/α,β-unsaturated/α-hetero) is 2. The van der Waals surface area contributed by atoms with Gasteiger partial charge in [0, 0.05) is 12.1 Å². The van der Waals surface area contributed by atoms with Crippen LogP contribution in [-0.4, -0.2) is 42.8 Å². The van der Waals surface area contributed by atoms with E-state index in [1.54, 1.807) is 24.3 Å². The van der Waals surface area contributed by atoms with Crippen LogP contribution in [0.4, 0.5) is 0 Å². The number of hydrogen-bond acceptors (Lipinski definition) is 8. The van der Waals surface area contributed by atoms with Crippen LogP contribution in [0.15, 0.2) is 24.3 Å². The zero-order valence-corrected chi connectivity index (χ0v) is 21.3. The lowest BCUT2D eigenvalue weighted by atomic mass is 9.93. The van der Waals surface area contributed by atoms with E-state index in [-0.39, 0.29) is 55.9 Å². The summed E-state index contributed by atoms with van der Waals surface area (Å²) in [6, 6.07) is 6.26. The lowest BCUT2D eigenvalue weighted by molar-refractivity contribution is 0.0605. The van der Waals surface area contributed by atoms with Crippen molar-refractivity contribution in [3.63, 3.8) is 0 Å². The van der Waals surface area contributed by atoms with Crippen LogP contribution in [0.25, 0.3) is 0 Å². The topological polar surface area (TPSA) is 89.5 Å². The van der Waals surface area contributed by atoms with Crippen molar-refractivity contribution in [2.24, 2.45) is 0 Å². The molecular weight excluding hydrogens is 476 g/mol. The van der Waals surface area contributed by atoms with Crippen molar-refractivity contribution < 1.29 is 38.0 Å². The van der Waals surface area contributed by atoms with Gasteiger partial charge in [0.05, 0.1) is 24.0 Å². The van der Waals surface area contributed by atoms with Gasteiger partial charge in [0.1, 0.15) is 35.9 Å². The molecule has 0 N–H and O–H groups in total. The van der Waals surface area contributed by atoms with E-state index < -0.39 is 11.2 Å². The summed E-state index contributed by atoms with van der Waals surface area (Å²) >= 11 is 0. The molecule has 2 aliphatic heterocycles. The molecule has 0 amide bonds. The first-order valence-corrected chi connectivity index (χ1v) is 11.7. The fraction of sp³-hybridized carbons (Fsp3) is 0.379. The van der Waals surface area contributed by atoms with Crippen LogP contribution in [0.2, 0.25) is 0 Å². The van der Waals surface area contributed by atoms with Gasteiger partial charge in [0.15, 0.2) is 34.6 Å².